The first-order valence-corrected chi connectivity index (χ1v) is 7.57. The quantitative estimate of drug-likeness (QED) is 0.787. The number of imidazole rings is 1. The molecule has 0 bridgehead atoms. The second-order valence-corrected chi connectivity index (χ2v) is 5.42. The summed E-state index contributed by atoms with van der Waals surface area (Å²) in [5.41, 5.74) is 2.41. The minimum absolute atomic E-state index is 0.0519. The topological polar surface area (TPSA) is 46.9 Å². The van der Waals surface area contributed by atoms with Crippen LogP contribution in [0.3, 0.4) is 0 Å². The van der Waals surface area contributed by atoms with E-state index in [1.807, 2.05) is 31.2 Å². The van der Waals surface area contributed by atoms with Crippen LogP contribution < -0.4 is 5.32 Å². The monoisotopic (exact) mass is 311 g/mol. The van der Waals surface area contributed by atoms with Gasteiger partial charge in [0, 0.05) is 13.1 Å². The van der Waals surface area contributed by atoms with Crippen molar-refractivity contribution in [2.24, 2.45) is 0 Å². The van der Waals surface area contributed by atoms with Crippen LogP contribution in [0.5, 0.6) is 0 Å². The number of amides is 1. The maximum atomic E-state index is 13.5. The van der Waals surface area contributed by atoms with Gasteiger partial charge in [-0.1, -0.05) is 30.3 Å². The van der Waals surface area contributed by atoms with Gasteiger partial charge in [-0.15, -0.1) is 0 Å². The number of rotatable bonds is 5. The fraction of sp³-hybridized carbons (Fsp3) is 0.222. The molecule has 2 aromatic carbocycles. The molecular formula is C18H18FN3O. The first-order valence-electron chi connectivity index (χ1n) is 7.57. The summed E-state index contributed by atoms with van der Waals surface area (Å²) in [6, 6.07) is 14.2. The summed E-state index contributed by atoms with van der Waals surface area (Å²) in [7, 11) is 0. The Morgan fingerprint density at radius 3 is 2.74 bits per heavy atom. The molecule has 1 aromatic heterocycles. The molecule has 0 unspecified atom stereocenters. The second-order valence-electron chi connectivity index (χ2n) is 5.42. The number of benzene rings is 2. The van der Waals surface area contributed by atoms with Gasteiger partial charge in [0.2, 0.25) is 5.91 Å². The van der Waals surface area contributed by atoms with Crippen molar-refractivity contribution in [2.45, 2.75) is 19.9 Å². The van der Waals surface area contributed by atoms with Crippen molar-refractivity contribution in [3.63, 3.8) is 0 Å². The number of hydrogen-bond acceptors (Lipinski definition) is 2. The van der Waals surface area contributed by atoms with Crippen molar-refractivity contribution >= 4 is 16.9 Å². The lowest BCUT2D eigenvalue weighted by Crippen LogP contribution is -2.29. The fourth-order valence-electron chi connectivity index (χ4n) is 2.66. The lowest BCUT2D eigenvalue weighted by molar-refractivity contribution is -0.120. The van der Waals surface area contributed by atoms with Crippen LogP contribution in [0.4, 0.5) is 4.39 Å². The van der Waals surface area contributed by atoms with E-state index in [4.69, 9.17) is 0 Å². The molecule has 0 aliphatic carbocycles. The Kier molecular flexibility index (Phi) is 4.37. The number of fused-ring (bicyclic) bond motifs is 1. The highest BCUT2D eigenvalue weighted by Gasteiger charge is 2.09. The predicted octanol–water partition coefficient (Wildman–Crippen LogP) is 2.84. The Labute approximate surface area is 134 Å². The molecule has 0 aliphatic rings. The Bertz CT molecular complexity index is 841. The average molecular weight is 311 g/mol. The summed E-state index contributed by atoms with van der Waals surface area (Å²) in [6.45, 7) is 3.06. The van der Waals surface area contributed by atoms with E-state index in [0.29, 0.717) is 18.7 Å². The molecule has 1 heterocycles. The zero-order valence-corrected chi connectivity index (χ0v) is 12.9. The standard InChI is InChI=1S/C18H18FN3O/c1-13-21-16-8-4-5-9-17(16)22(13)11-10-20-18(23)12-14-6-2-3-7-15(14)19/h2-9H,10-12H2,1H3,(H,20,23). The number of hydrogen-bond donors (Lipinski definition) is 1. The van der Waals surface area contributed by atoms with Crippen LogP contribution in [-0.2, 0) is 17.8 Å². The van der Waals surface area contributed by atoms with Gasteiger partial charge in [0.15, 0.2) is 0 Å². The highest BCUT2D eigenvalue weighted by molar-refractivity contribution is 5.78. The number of para-hydroxylation sites is 2. The first-order chi connectivity index (χ1) is 11.1. The van der Waals surface area contributed by atoms with E-state index in [1.165, 1.54) is 6.07 Å². The molecule has 1 N–H and O–H groups in total. The van der Waals surface area contributed by atoms with E-state index >= 15 is 0 Å². The third-order valence-corrected chi connectivity index (χ3v) is 3.81. The Morgan fingerprint density at radius 1 is 1.17 bits per heavy atom. The number of nitrogens with zero attached hydrogens (tertiary/aromatic N) is 2. The van der Waals surface area contributed by atoms with E-state index in [0.717, 1.165) is 16.9 Å². The Hall–Kier alpha value is -2.69. The van der Waals surface area contributed by atoms with Crippen molar-refractivity contribution in [2.75, 3.05) is 6.54 Å². The van der Waals surface area contributed by atoms with Gasteiger partial charge in [0.25, 0.3) is 0 Å². The highest BCUT2D eigenvalue weighted by Crippen LogP contribution is 2.14. The Balaban J connectivity index is 1.59. The van der Waals surface area contributed by atoms with Crippen LogP contribution in [0.1, 0.15) is 11.4 Å². The SMILES string of the molecule is Cc1nc2ccccc2n1CCNC(=O)Cc1ccccc1F. The third-order valence-electron chi connectivity index (χ3n) is 3.81. The smallest absolute Gasteiger partial charge is 0.224 e. The molecule has 4 nitrogen and oxygen atoms in total. The largest absolute Gasteiger partial charge is 0.354 e. The van der Waals surface area contributed by atoms with Crippen LogP contribution in [0.2, 0.25) is 0 Å². The highest BCUT2D eigenvalue weighted by atomic mass is 19.1. The zero-order valence-electron chi connectivity index (χ0n) is 12.9. The minimum Gasteiger partial charge on any atom is -0.354 e. The van der Waals surface area contributed by atoms with Gasteiger partial charge in [0.05, 0.1) is 17.5 Å². The summed E-state index contributed by atoms with van der Waals surface area (Å²) in [5.74, 6) is 0.380. The van der Waals surface area contributed by atoms with Crippen molar-refractivity contribution < 1.29 is 9.18 Å². The molecule has 3 rings (SSSR count). The maximum absolute atomic E-state index is 13.5. The third kappa shape index (κ3) is 3.39. The molecule has 0 saturated carbocycles. The number of aryl methyl sites for hydroxylation is 1. The summed E-state index contributed by atoms with van der Waals surface area (Å²) >= 11 is 0. The molecule has 23 heavy (non-hydrogen) atoms. The van der Waals surface area contributed by atoms with Crippen molar-refractivity contribution in [3.05, 3.63) is 65.7 Å². The molecule has 0 fully saturated rings. The zero-order chi connectivity index (χ0) is 16.2. The van der Waals surface area contributed by atoms with Crippen molar-refractivity contribution in [1.29, 1.82) is 0 Å². The van der Waals surface area contributed by atoms with E-state index in [9.17, 15) is 9.18 Å². The number of nitrogens with one attached hydrogen (secondary N) is 1. The molecule has 1 amide bonds. The fourth-order valence-corrected chi connectivity index (χ4v) is 2.66. The molecule has 5 heteroatoms. The van der Waals surface area contributed by atoms with Gasteiger partial charge in [-0.25, -0.2) is 9.37 Å². The van der Waals surface area contributed by atoms with Crippen molar-refractivity contribution in [1.82, 2.24) is 14.9 Å². The molecule has 0 saturated heterocycles. The predicted molar refractivity (Wildman–Crippen MR) is 87.6 cm³/mol. The lowest BCUT2D eigenvalue weighted by atomic mass is 10.1. The lowest BCUT2D eigenvalue weighted by Gasteiger charge is -2.09. The van der Waals surface area contributed by atoms with Gasteiger partial charge < -0.3 is 9.88 Å². The molecular weight excluding hydrogens is 293 g/mol. The van der Waals surface area contributed by atoms with E-state index in [1.54, 1.807) is 18.2 Å². The Morgan fingerprint density at radius 2 is 1.91 bits per heavy atom. The van der Waals surface area contributed by atoms with Gasteiger partial charge >= 0.3 is 0 Å². The number of carbonyl (C=O) groups is 1. The number of carbonyl (C=O) groups excluding carboxylic acids is 1. The summed E-state index contributed by atoms with van der Waals surface area (Å²) in [6.07, 6.45) is 0.0519. The molecule has 0 atom stereocenters. The maximum Gasteiger partial charge on any atom is 0.224 e. The number of halogens is 1. The summed E-state index contributed by atoms with van der Waals surface area (Å²) in [5, 5.41) is 2.83. The van der Waals surface area contributed by atoms with Crippen LogP contribution in [-0.4, -0.2) is 22.0 Å². The number of aromatic nitrogens is 2. The first kappa shape index (κ1) is 15.2. The van der Waals surface area contributed by atoms with Crippen molar-refractivity contribution in [3.8, 4) is 0 Å². The molecule has 0 spiro atoms. The van der Waals surface area contributed by atoms with Gasteiger partial charge in [0.1, 0.15) is 11.6 Å². The average Bonchev–Trinajstić information content (AvgIpc) is 2.86. The van der Waals surface area contributed by atoms with Crippen LogP contribution >= 0.6 is 0 Å². The van der Waals surface area contributed by atoms with E-state index in [-0.39, 0.29) is 18.1 Å². The van der Waals surface area contributed by atoms with Gasteiger partial charge in [-0.2, -0.15) is 0 Å². The molecule has 3 aromatic rings. The molecule has 0 aliphatic heterocycles. The van der Waals surface area contributed by atoms with E-state index in [2.05, 4.69) is 14.9 Å². The van der Waals surface area contributed by atoms with Crippen LogP contribution in [0.15, 0.2) is 48.5 Å². The van der Waals surface area contributed by atoms with Crippen LogP contribution in [0.25, 0.3) is 11.0 Å². The molecule has 0 radical (unpaired) electrons. The minimum atomic E-state index is -0.348. The van der Waals surface area contributed by atoms with Crippen LogP contribution in [0, 0.1) is 12.7 Å². The van der Waals surface area contributed by atoms with E-state index < -0.39 is 0 Å². The molecule has 118 valence electrons. The van der Waals surface area contributed by atoms with Gasteiger partial charge in [-0.3, -0.25) is 4.79 Å². The second kappa shape index (κ2) is 6.60. The van der Waals surface area contributed by atoms with Gasteiger partial charge in [-0.05, 0) is 30.7 Å². The summed E-state index contributed by atoms with van der Waals surface area (Å²) < 4.78 is 15.6. The summed E-state index contributed by atoms with van der Waals surface area (Å²) in [4.78, 5) is 16.4. The normalized spacial score (nSPS) is 10.9.